The van der Waals surface area contributed by atoms with Gasteiger partial charge in [0.15, 0.2) is 12.4 Å². The molecule has 0 bridgehead atoms. The molecule has 3 heterocycles. The SMILES string of the molecule is CCOC(=O)C1CCN(C(=O)COC(=O)C2CCN(C3=NS(=O)(=O)c4ccccc43)CC2)CC1. The number of benzene rings is 1. The molecule has 2 saturated heterocycles. The molecule has 3 aliphatic rings. The molecular formula is C23H29N3O7S. The number of hydrogen-bond acceptors (Lipinski definition) is 8. The quantitative estimate of drug-likeness (QED) is 0.563. The van der Waals surface area contributed by atoms with E-state index in [4.69, 9.17) is 9.47 Å². The lowest BCUT2D eigenvalue weighted by molar-refractivity contribution is -0.158. The van der Waals surface area contributed by atoms with Crippen LogP contribution >= 0.6 is 0 Å². The fourth-order valence-electron chi connectivity index (χ4n) is 4.61. The highest BCUT2D eigenvalue weighted by molar-refractivity contribution is 7.90. The monoisotopic (exact) mass is 491 g/mol. The van der Waals surface area contributed by atoms with Crippen LogP contribution in [-0.2, 0) is 33.9 Å². The Kier molecular flexibility index (Phi) is 7.20. The number of likely N-dealkylation sites (tertiary alicyclic amines) is 2. The number of hydrogen-bond donors (Lipinski definition) is 0. The normalized spacial score (nSPS) is 20.4. The standard InChI is InChI=1S/C23H29N3O7S/c1-2-32-22(28)16-7-11-25(12-8-16)20(27)15-33-23(29)17-9-13-26(14-10-17)21-18-5-3-4-6-19(18)34(30,31)24-21/h3-6,16-17H,2,7-15H2,1H3. The molecule has 4 rings (SSSR count). The van der Waals surface area contributed by atoms with Crippen molar-refractivity contribution in [1.29, 1.82) is 0 Å². The molecule has 2 fully saturated rings. The second-order valence-corrected chi connectivity index (χ2v) is 10.2. The minimum atomic E-state index is -3.69. The third-order valence-corrected chi connectivity index (χ3v) is 7.87. The lowest BCUT2D eigenvalue weighted by Crippen LogP contribution is -2.43. The highest BCUT2D eigenvalue weighted by atomic mass is 32.2. The summed E-state index contributed by atoms with van der Waals surface area (Å²) in [4.78, 5) is 40.5. The van der Waals surface area contributed by atoms with Gasteiger partial charge in [-0.15, -0.1) is 4.40 Å². The van der Waals surface area contributed by atoms with Crippen molar-refractivity contribution in [3.8, 4) is 0 Å². The van der Waals surface area contributed by atoms with E-state index in [-0.39, 0.29) is 35.2 Å². The average molecular weight is 492 g/mol. The Balaban J connectivity index is 1.23. The number of carbonyl (C=O) groups excluding carboxylic acids is 3. The van der Waals surface area contributed by atoms with Crippen LogP contribution in [0.25, 0.3) is 0 Å². The third kappa shape index (κ3) is 5.08. The fraction of sp³-hybridized carbons (Fsp3) is 0.565. The first-order valence-corrected chi connectivity index (χ1v) is 13.0. The van der Waals surface area contributed by atoms with Crippen molar-refractivity contribution < 1.29 is 32.3 Å². The van der Waals surface area contributed by atoms with Crippen molar-refractivity contribution in [1.82, 2.24) is 9.80 Å². The molecule has 0 radical (unpaired) electrons. The van der Waals surface area contributed by atoms with E-state index in [0.717, 1.165) is 0 Å². The maximum Gasteiger partial charge on any atom is 0.309 e. The zero-order valence-corrected chi connectivity index (χ0v) is 20.0. The van der Waals surface area contributed by atoms with Crippen LogP contribution in [-0.4, -0.2) is 81.3 Å². The molecule has 0 aliphatic carbocycles. The number of rotatable bonds is 5. The summed E-state index contributed by atoms with van der Waals surface area (Å²) in [6, 6.07) is 6.72. The molecule has 0 unspecified atom stereocenters. The number of nitrogens with zero attached hydrogens (tertiary/aromatic N) is 3. The molecule has 11 heteroatoms. The number of fused-ring (bicyclic) bond motifs is 1. The highest BCUT2D eigenvalue weighted by Gasteiger charge is 2.35. The predicted molar refractivity (Wildman–Crippen MR) is 121 cm³/mol. The summed E-state index contributed by atoms with van der Waals surface area (Å²) in [5.74, 6) is -1.04. The lowest BCUT2D eigenvalue weighted by atomic mass is 9.96. The van der Waals surface area contributed by atoms with E-state index in [2.05, 4.69) is 4.40 Å². The van der Waals surface area contributed by atoms with Gasteiger partial charge in [-0.3, -0.25) is 14.4 Å². The van der Waals surface area contributed by atoms with Crippen molar-refractivity contribution >= 4 is 33.7 Å². The number of piperidine rings is 2. The molecular weight excluding hydrogens is 462 g/mol. The minimum absolute atomic E-state index is 0.192. The molecule has 184 valence electrons. The van der Waals surface area contributed by atoms with Crippen LogP contribution < -0.4 is 0 Å². The summed E-state index contributed by atoms with van der Waals surface area (Å²) in [5, 5.41) is 0. The highest BCUT2D eigenvalue weighted by Crippen LogP contribution is 2.30. The smallest absolute Gasteiger partial charge is 0.309 e. The van der Waals surface area contributed by atoms with Gasteiger partial charge in [0.2, 0.25) is 0 Å². The van der Waals surface area contributed by atoms with E-state index < -0.39 is 16.0 Å². The number of sulfonamides is 1. The zero-order valence-electron chi connectivity index (χ0n) is 19.1. The second-order valence-electron chi connectivity index (χ2n) is 8.66. The first-order chi connectivity index (χ1) is 16.3. The van der Waals surface area contributed by atoms with E-state index in [9.17, 15) is 22.8 Å². The van der Waals surface area contributed by atoms with Crippen LogP contribution in [0.1, 0.15) is 38.2 Å². The van der Waals surface area contributed by atoms with Gasteiger partial charge in [0.05, 0.1) is 18.4 Å². The Morgan fingerprint density at radius 1 is 0.941 bits per heavy atom. The Morgan fingerprint density at radius 2 is 1.53 bits per heavy atom. The molecule has 0 aromatic heterocycles. The van der Waals surface area contributed by atoms with Crippen molar-refractivity contribution in [2.75, 3.05) is 39.4 Å². The van der Waals surface area contributed by atoms with Crippen molar-refractivity contribution in [2.45, 2.75) is 37.5 Å². The van der Waals surface area contributed by atoms with Gasteiger partial charge in [-0.2, -0.15) is 8.42 Å². The summed E-state index contributed by atoms with van der Waals surface area (Å²) in [5.41, 5.74) is 0.584. The van der Waals surface area contributed by atoms with Gasteiger partial charge < -0.3 is 19.3 Å². The molecule has 1 aromatic carbocycles. The van der Waals surface area contributed by atoms with Crippen molar-refractivity contribution in [3.05, 3.63) is 29.8 Å². The van der Waals surface area contributed by atoms with Crippen LogP contribution in [0.2, 0.25) is 0 Å². The number of carbonyl (C=O) groups is 3. The van der Waals surface area contributed by atoms with Crippen LogP contribution in [0.5, 0.6) is 0 Å². The minimum Gasteiger partial charge on any atom is -0.466 e. The number of amides is 1. The molecule has 0 spiro atoms. The topological polar surface area (TPSA) is 123 Å². The fourth-order valence-corrected chi connectivity index (χ4v) is 5.84. The maximum atomic E-state index is 12.5. The first-order valence-electron chi connectivity index (χ1n) is 11.6. The Labute approximate surface area is 199 Å². The van der Waals surface area contributed by atoms with E-state index >= 15 is 0 Å². The van der Waals surface area contributed by atoms with Crippen molar-refractivity contribution in [2.24, 2.45) is 16.2 Å². The molecule has 0 saturated carbocycles. The lowest BCUT2D eigenvalue weighted by Gasteiger charge is -2.33. The van der Waals surface area contributed by atoms with Gasteiger partial charge in [0.25, 0.3) is 15.9 Å². The molecule has 34 heavy (non-hydrogen) atoms. The Bertz CT molecular complexity index is 1090. The summed E-state index contributed by atoms with van der Waals surface area (Å²) < 4.78 is 38.9. The van der Waals surface area contributed by atoms with E-state index in [1.807, 2.05) is 4.90 Å². The second kappa shape index (κ2) is 10.1. The first kappa shape index (κ1) is 24.2. The summed E-state index contributed by atoms with van der Waals surface area (Å²) in [6.45, 7) is 3.60. The van der Waals surface area contributed by atoms with Gasteiger partial charge in [0.1, 0.15) is 4.90 Å². The third-order valence-electron chi connectivity index (χ3n) is 6.55. The van der Waals surface area contributed by atoms with Crippen LogP contribution in [0, 0.1) is 11.8 Å². The zero-order chi connectivity index (χ0) is 24.3. The molecule has 0 atom stereocenters. The van der Waals surface area contributed by atoms with Crippen LogP contribution in [0.4, 0.5) is 0 Å². The van der Waals surface area contributed by atoms with E-state index in [1.54, 1.807) is 36.1 Å². The van der Waals surface area contributed by atoms with E-state index in [0.29, 0.717) is 69.9 Å². The van der Waals surface area contributed by atoms with Crippen LogP contribution in [0.3, 0.4) is 0 Å². The maximum absolute atomic E-state index is 12.5. The summed E-state index contributed by atoms with van der Waals surface area (Å²) >= 11 is 0. The largest absolute Gasteiger partial charge is 0.466 e. The molecule has 1 amide bonds. The summed E-state index contributed by atoms with van der Waals surface area (Å²) in [7, 11) is -3.69. The number of amidine groups is 1. The molecule has 3 aliphatic heterocycles. The molecule has 10 nitrogen and oxygen atoms in total. The molecule has 0 N–H and O–H groups in total. The predicted octanol–water partition coefficient (Wildman–Crippen LogP) is 1.19. The van der Waals surface area contributed by atoms with Gasteiger partial charge in [-0.1, -0.05) is 12.1 Å². The summed E-state index contributed by atoms with van der Waals surface area (Å²) in [6.07, 6.45) is 2.05. The number of esters is 2. The number of ether oxygens (including phenoxy) is 2. The van der Waals surface area contributed by atoms with Crippen LogP contribution in [0.15, 0.2) is 33.6 Å². The van der Waals surface area contributed by atoms with Gasteiger partial charge >= 0.3 is 11.9 Å². The van der Waals surface area contributed by atoms with Crippen molar-refractivity contribution in [3.63, 3.8) is 0 Å². The average Bonchev–Trinajstić information content (AvgIpc) is 3.13. The molecule has 1 aromatic rings. The van der Waals surface area contributed by atoms with Gasteiger partial charge in [-0.05, 0) is 44.7 Å². The Morgan fingerprint density at radius 3 is 2.18 bits per heavy atom. The van der Waals surface area contributed by atoms with Gasteiger partial charge in [0, 0.05) is 31.7 Å². The van der Waals surface area contributed by atoms with Gasteiger partial charge in [-0.25, -0.2) is 0 Å². The van der Waals surface area contributed by atoms with E-state index in [1.165, 1.54) is 0 Å². The Hall–Kier alpha value is -2.95.